The minimum absolute atomic E-state index is 0.129. The first-order valence-corrected chi connectivity index (χ1v) is 6.99. The fraction of sp³-hybridized carbons (Fsp3) is 0.600. The first kappa shape index (κ1) is 14.0. The van der Waals surface area contributed by atoms with Gasteiger partial charge in [-0.2, -0.15) is 0 Å². The van der Waals surface area contributed by atoms with Gasteiger partial charge >= 0.3 is 0 Å². The Morgan fingerprint density at radius 1 is 1.42 bits per heavy atom. The maximum absolute atomic E-state index is 6.25. The Morgan fingerprint density at radius 2 is 2.21 bits per heavy atom. The van der Waals surface area contributed by atoms with Crippen molar-refractivity contribution in [2.24, 2.45) is 0 Å². The lowest BCUT2D eigenvalue weighted by molar-refractivity contribution is 0.0821. The third kappa shape index (κ3) is 3.53. The summed E-state index contributed by atoms with van der Waals surface area (Å²) < 4.78 is 11.4. The Balaban J connectivity index is 2.23. The third-order valence-electron chi connectivity index (χ3n) is 3.20. The first-order valence-electron chi connectivity index (χ1n) is 6.99. The van der Waals surface area contributed by atoms with Crippen LogP contribution in [0.5, 0.6) is 5.75 Å². The van der Waals surface area contributed by atoms with Gasteiger partial charge < -0.3 is 20.1 Å². The smallest absolute Gasteiger partial charge is 0.144 e. The lowest BCUT2D eigenvalue weighted by Crippen LogP contribution is -2.30. The number of para-hydroxylation sites is 1. The van der Waals surface area contributed by atoms with Crippen LogP contribution in [0.2, 0.25) is 0 Å². The van der Waals surface area contributed by atoms with Crippen LogP contribution in [0, 0.1) is 0 Å². The zero-order chi connectivity index (χ0) is 13.8. The molecule has 2 N–H and O–H groups in total. The summed E-state index contributed by atoms with van der Waals surface area (Å²) in [6.45, 7) is 8.78. The lowest BCUT2D eigenvalue weighted by atomic mass is 10.2. The highest BCUT2D eigenvalue weighted by molar-refractivity contribution is 5.74. The van der Waals surface area contributed by atoms with Crippen LogP contribution in [-0.2, 0) is 4.74 Å². The number of anilines is 2. The number of hydrogen-bond donors (Lipinski definition) is 1. The van der Waals surface area contributed by atoms with E-state index in [0.29, 0.717) is 0 Å². The highest BCUT2D eigenvalue weighted by Crippen LogP contribution is 2.33. The third-order valence-corrected chi connectivity index (χ3v) is 3.20. The van der Waals surface area contributed by atoms with Crippen molar-refractivity contribution in [1.82, 2.24) is 0 Å². The molecule has 0 bridgehead atoms. The second-order valence-corrected chi connectivity index (χ2v) is 5.34. The Labute approximate surface area is 115 Å². The van der Waals surface area contributed by atoms with Crippen molar-refractivity contribution in [3.63, 3.8) is 0 Å². The lowest BCUT2D eigenvalue weighted by Gasteiger charge is -2.26. The Bertz CT molecular complexity index is 421. The molecule has 0 saturated carbocycles. The van der Waals surface area contributed by atoms with Gasteiger partial charge in [0.15, 0.2) is 0 Å². The van der Waals surface area contributed by atoms with Crippen molar-refractivity contribution < 1.29 is 9.47 Å². The summed E-state index contributed by atoms with van der Waals surface area (Å²) in [6, 6.07) is 5.98. The molecular weight excluding hydrogens is 240 g/mol. The molecule has 1 aromatic carbocycles. The van der Waals surface area contributed by atoms with Gasteiger partial charge in [-0.1, -0.05) is 6.07 Å². The molecule has 1 heterocycles. The van der Waals surface area contributed by atoms with E-state index in [0.717, 1.165) is 43.2 Å². The van der Waals surface area contributed by atoms with E-state index in [-0.39, 0.29) is 12.2 Å². The molecule has 0 aliphatic carbocycles. The van der Waals surface area contributed by atoms with Crippen molar-refractivity contribution in [2.45, 2.75) is 39.4 Å². The fourth-order valence-corrected chi connectivity index (χ4v) is 2.38. The van der Waals surface area contributed by atoms with Gasteiger partial charge in [-0.05, 0) is 39.3 Å². The molecule has 1 fully saturated rings. The molecule has 4 heteroatoms. The quantitative estimate of drug-likeness (QED) is 0.853. The molecule has 0 radical (unpaired) electrons. The van der Waals surface area contributed by atoms with Crippen LogP contribution in [0.1, 0.15) is 27.2 Å². The van der Waals surface area contributed by atoms with Crippen LogP contribution in [0.15, 0.2) is 18.2 Å². The molecular formula is C15H24N2O2. The molecule has 1 unspecified atom stereocenters. The molecule has 4 nitrogen and oxygen atoms in total. The van der Waals surface area contributed by atoms with Crippen LogP contribution in [0.25, 0.3) is 0 Å². The maximum atomic E-state index is 6.25. The molecule has 2 rings (SSSR count). The van der Waals surface area contributed by atoms with Gasteiger partial charge in [-0.3, -0.25) is 0 Å². The van der Waals surface area contributed by atoms with Crippen LogP contribution >= 0.6 is 0 Å². The molecule has 0 spiro atoms. The average molecular weight is 264 g/mol. The van der Waals surface area contributed by atoms with E-state index in [9.17, 15) is 0 Å². The second kappa shape index (κ2) is 6.15. The SMILES string of the molecule is CC(C)Oc1cccc(N2CCCOC(C)C2)c1N. The van der Waals surface area contributed by atoms with E-state index in [1.165, 1.54) is 0 Å². The Hall–Kier alpha value is -1.42. The number of ether oxygens (including phenoxy) is 2. The Morgan fingerprint density at radius 3 is 2.95 bits per heavy atom. The van der Waals surface area contributed by atoms with E-state index in [2.05, 4.69) is 17.9 Å². The number of hydrogen-bond acceptors (Lipinski definition) is 4. The van der Waals surface area contributed by atoms with Gasteiger partial charge in [0, 0.05) is 19.7 Å². The first-order chi connectivity index (χ1) is 9.08. The van der Waals surface area contributed by atoms with Crippen molar-refractivity contribution in [3.8, 4) is 5.75 Å². The summed E-state index contributed by atoms with van der Waals surface area (Å²) in [7, 11) is 0. The van der Waals surface area contributed by atoms with Gasteiger partial charge in [-0.15, -0.1) is 0 Å². The van der Waals surface area contributed by atoms with E-state index >= 15 is 0 Å². The van der Waals surface area contributed by atoms with Gasteiger partial charge in [-0.25, -0.2) is 0 Å². The summed E-state index contributed by atoms with van der Waals surface area (Å²) in [5.41, 5.74) is 8.03. The molecule has 0 amide bonds. The normalized spacial score (nSPS) is 20.4. The van der Waals surface area contributed by atoms with E-state index in [4.69, 9.17) is 15.2 Å². The number of nitrogens with two attached hydrogens (primary N) is 1. The van der Waals surface area contributed by atoms with Gasteiger partial charge in [0.1, 0.15) is 5.75 Å². The van der Waals surface area contributed by atoms with Gasteiger partial charge in [0.2, 0.25) is 0 Å². The summed E-state index contributed by atoms with van der Waals surface area (Å²) in [5, 5.41) is 0. The predicted octanol–water partition coefficient (Wildman–Crippen LogP) is 2.67. The molecule has 19 heavy (non-hydrogen) atoms. The number of nitrogens with zero attached hydrogens (tertiary/aromatic N) is 1. The fourth-order valence-electron chi connectivity index (χ4n) is 2.38. The molecule has 1 saturated heterocycles. The van der Waals surface area contributed by atoms with Crippen molar-refractivity contribution >= 4 is 11.4 Å². The minimum Gasteiger partial charge on any atom is -0.489 e. The zero-order valence-electron chi connectivity index (χ0n) is 12.1. The van der Waals surface area contributed by atoms with E-state index in [1.54, 1.807) is 0 Å². The van der Waals surface area contributed by atoms with Crippen LogP contribution < -0.4 is 15.4 Å². The standard InChI is InChI=1S/C15H24N2O2/c1-11(2)19-14-7-4-6-13(15(14)16)17-8-5-9-18-12(3)10-17/h4,6-7,11-12H,5,8-10,16H2,1-3H3. The number of benzene rings is 1. The van der Waals surface area contributed by atoms with Crippen LogP contribution in [-0.4, -0.2) is 31.9 Å². The highest BCUT2D eigenvalue weighted by Gasteiger charge is 2.18. The monoisotopic (exact) mass is 264 g/mol. The van der Waals surface area contributed by atoms with Crippen LogP contribution in [0.3, 0.4) is 0 Å². The van der Waals surface area contributed by atoms with E-state index < -0.39 is 0 Å². The Kier molecular flexibility index (Phi) is 4.53. The minimum atomic E-state index is 0.129. The van der Waals surface area contributed by atoms with Crippen LogP contribution in [0.4, 0.5) is 11.4 Å². The summed E-state index contributed by atoms with van der Waals surface area (Å²) in [6.07, 6.45) is 1.39. The predicted molar refractivity (Wildman–Crippen MR) is 78.9 cm³/mol. The molecule has 1 aliphatic heterocycles. The van der Waals surface area contributed by atoms with Gasteiger partial charge in [0.05, 0.1) is 23.6 Å². The summed E-state index contributed by atoms with van der Waals surface area (Å²) in [4.78, 5) is 2.29. The topological polar surface area (TPSA) is 47.7 Å². The van der Waals surface area contributed by atoms with Crippen molar-refractivity contribution in [2.75, 3.05) is 30.3 Å². The maximum Gasteiger partial charge on any atom is 0.144 e. The molecule has 1 aromatic rings. The molecule has 1 aliphatic rings. The van der Waals surface area contributed by atoms with Crippen molar-refractivity contribution in [3.05, 3.63) is 18.2 Å². The number of rotatable bonds is 3. The molecule has 0 aromatic heterocycles. The van der Waals surface area contributed by atoms with E-state index in [1.807, 2.05) is 26.0 Å². The largest absolute Gasteiger partial charge is 0.489 e. The molecule has 1 atom stereocenters. The summed E-state index contributed by atoms with van der Waals surface area (Å²) in [5.74, 6) is 0.769. The highest BCUT2D eigenvalue weighted by atomic mass is 16.5. The number of nitrogen functional groups attached to an aromatic ring is 1. The average Bonchev–Trinajstić information content (AvgIpc) is 2.56. The molecule has 106 valence electrons. The summed E-state index contributed by atoms with van der Waals surface area (Å²) >= 11 is 0. The zero-order valence-corrected chi connectivity index (χ0v) is 12.1. The van der Waals surface area contributed by atoms with Gasteiger partial charge in [0.25, 0.3) is 0 Å². The second-order valence-electron chi connectivity index (χ2n) is 5.34. The van der Waals surface area contributed by atoms with Crippen molar-refractivity contribution in [1.29, 1.82) is 0 Å².